The molecule has 1 aliphatic heterocycles. The molecule has 8 atom stereocenters. The van der Waals surface area contributed by atoms with Crippen LogP contribution in [0.3, 0.4) is 0 Å². The minimum Gasteiger partial charge on any atom is -0.457 e. The van der Waals surface area contributed by atoms with Crippen molar-refractivity contribution in [2.45, 2.75) is 68.8 Å². The van der Waals surface area contributed by atoms with Crippen LogP contribution >= 0.6 is 0 Å². The van der Waals surface area contributed by atoms with E-state index >= 15 is 0 Å². The molecule has 6 N–H and O–H groups in total. The van der Waals surface area contributed by atoms with Crippen molar-refractivity contribution in [1.82, 2.24) is 5.32 Å². The standard InChI is InChI=1S/C26H34FNO9/c1-2-19(30)23(32)18(14-35-26-25(34)24(33)22(27)20(13-29)37-26)28-21(31)12-15-8-10-17(11-9-15)36-16-6-4-3-5-7-16/h3-11,18-20,22-26,29-30,32-34H,2,12-14H2,1H3,(H,28,31)/t18-,19+,20?,22-,23-,24?,25?,26-/m0/s1. The van der Waals surface area contributed by atoms with Gasteiger partial charge in [-0.25, -0.2) is 4.39 Å². The molecule has 0 saturated carbocycles. The number of rotatable bonds is 12. The van der Waals surface area contributed by atoms with Crippen LogP contribution in [0.4, 0.5) is 4.39 Å². The van der Waals surface area contributed by atoms with Crippen molar-refractivity contribution in [1.29, 1.82) is 0 Å². The van der Waals surface area contributed by atoms with Gasteiger partial charge in [-0.1, -0.05) is 37.3 Å². The summed E-state index contributed by atoms with van der Waals surface area (Å²) in [7, 11) is 0. The predicted molar refractivity (Wildman–Crippen MR) is 130 cm³/mol. The number of halogens is 1. The molecular weight excluding hydrogens is 489 g/mol. The lowest BCUT2D eigenvalue weighted by atomic mass is 10.0. The zero-order valence-electron chi connectivity index (χ0n) is 20.4. The van der Waals surface area contributed by atoms with Gasteiger partial charge in [0.1, 0.15) is 35.9 Å². The summed E-state index contributed by atoms with van der Waals surface area (Å²) in [6.45, 7) is 0.457. The van der Waals surface area contributed by atoms with Gasteiger partial charge in [0.25, 0.3) is 0 Å². The van der Waals surface area contributed by atoms with Gasteiger partial charge >= 0.3 is 0 Å². The minimum atomic E-state index is -2.02. The van der Waals surface area contributed by atoms with Gasteiger partial charge in [-0.3, -0.25) is 4.79 Å². The average molecular weight is 524 g/mol. The molecule has 0 bridgehead atoms. The second-order valence-corrected chi connectivity index (χ2v) is 8.86. The summed E-state index contributed by atoms with van der Waals surface area (Å²) < 4.78 is 30.3. The maximum atomic E-state index is 14.0. The van der Waals surface area contributed by atoms with Crippen molar-refractivity contribution in [3.8, 4) is 11.5 Å². The summed E-state index contributed by atoms with van der Waals surface area (Å²) >= 11 is 0. The first kappa shape index (κ1) is 28.9. The Morgan fingerprint density at radius 2 is 1.70 bits per heavy atom. The molecule has 0 spiro atoms. The van der Waals surface area contributed by atoms with Crippen LogP contribution < -0.4 is 10.1 Å². The third-order valence-electron chi connectivity index (χ3n) is 6.08. The summed E-state index contributed by atoms with van der Waals surface area (Å²) in [5.74, 6) is 0.786. The van der Waals surface area contributed by atoms with Gasteiger partial charge in [0, 0.05) is 0 Å². The van der Waals surface area contributed by atoms with Gasteiger partial charge in [0.05, 0.1) is 31.8 Å². The smallest absolute Gasteiger partial charge is 0.224 e. The maximum Gasteiger partial charge on any atom is 0.224 e. The van der Waals surface area contributed by atoms with Crippen LogP contribution in [0.15, 0.2) is 54.6 Å². The van der Waals surface area contributed by atoms with E-state index in [-0.39, 0.29) is 12.8 Å². The lowest BCUT2D eigenvalue weighted by Crippen LogP contribution is -2.59. The van der Waals surface area contributed by atoms with E-state index in [0.717, 1.165) is 0 Å². The quantitative estimate of drug-likeness (QED) is 0.232. The van der Waals surface area contributed by atoms with Crippen molar-refractivity contribution in [2.75, 3.05) is 13.2 Å². The number of aliphatic hydroxyl groups excluding tert-OH is 5. The van der Waals surface area contributed by atoms with Crippen molar-refractivity contribution >= 4 is 5.91 Å². The summed E-state index contributed by atoms with van der Waals surface area (Å²) in [5.41, 5.74) is 0.664. The highest BCUT2D eigenvalue weighted by molar-refractivity contribution is 5.79. The van der Waals surface area contributed by atoms with Crippen molar-refractivity contribution in [3.05, 3.63) is 60.2 Å². The Morgan fingerprint density at radius 3 is 2.32 bits per heavy atom. The number of nitrogens with one attached hydrogen (secondary N) is 1. The van der Waals surface area contributed by atoms with E-state index in [9.17, 15) is 34.7 Å². The van der Waals surface area contributed by atoms with E-state index in [2.05, 4.69) is 5.32 Å². The van der Waals surface area contributed by atoms with Gasteiger partial charge in [-0.05, 0) is 36.2 Å². The topological polar surface area (TPSA) is 158 Å². The Bertz CT molecular complexity index is 962. The fourth-order valence-corrected chi connectivity index (χ4v) is 3.86. The molecule has 3 rings (SSSR count). The third kappa shape index (κ3) is 7.92. The zero-order valence-corrected chi connectivity index (χ0v) is 20.4. The summed E-state index contributed by atoms with van der Waals surface area (Å²) in [5, 5.41) is 52.5. The van der Waals surface area contributed by atoms with E-state index in [1.807, 2.05) is 30.3 Å². The molecule has 0 aliphatic carbocycles. The molecule has 3 unspecified atom stereocenters. The fourth-order valence-electron chi connectivity index (χ4n) is 3.86. The molecule has 1 heterocycles. The number of alkyl halides is 1. The molecule has 10 nitrogen and oxygen atoms in total. The highest BCUT2D eigenvalue weighted by Gasteiger charge is 2.45. The van der Waals surface area contributed by atoms with Gasteiger partial charge in [0.15, 0.2) is 12.5 Å². The van der Waals surface area contributed by atoms with Gasteiger partial charge < -0.3 is 45.1 Å². The summed E-state index contributed by atoms with van der Waals surface area (Å²) in [6, 6.07) is 15.0. The molecule has 2 aromatic rings. The molecule has 204 valence electrons. The Kier molecular flexibility index (Phi) is 10.8. The first-order chi connectivity index (χ1) is 17.7. The van der Waals surface area contributed by atoms with Crippen molar-refractivity contribution in [2.24, 2.45) is 0 Å². The van der Waals surface area contributed by atoms with Gasteiger partial charge in [0.2, 0.25) is 5.91 Å². The maximum absolute atomic E-state index is 14.0. The SMILES string of the molecule is CC[C@@H](O)[C@@H](O)[C@H](CO[C@H]1OC(CO)[C@H](F)C(O)C1O)NC(=O)Cc1ccc(Oc2ccccc2)cc1. The van der Waals surface area contributed by atoms with Crippen LogP contribution in [0.25, 0.3) is 0 Å². The average Bonchev–Trinajstić information content (AvgIpc) is 2.91. The molecule has 1 aliphatic rings. The largest absolute Gasteiger partial charge is 0.457 e. The van der Waals surface area contributed by atoms with E-state index in [4.69, 9.17) is 14.2 Å². The molecule has 2 aromatic carbocycles. The van der Waals surface area contributed by atoms with E-state index in [1.165, 1.54) is 0 Å². The van der Waals surface area contributed by atoms with Crippen molar-refractivity contribution < 1.29 is 48.9 Å². The second-order valence-electron chi connectivity index (χ2n) is 8.86. The monoisotopic (exact) mass is 523 g/mol. The lowest BCUT2D eigenvalue weighted by Gasteiger charge is -2.39. The Hall–Kier alpha value is -2.64. The number of hydrogen-bond acceptors (Lipinski definition) is 9. The Morgan fingerprint density at radius 1 is 1.05 bits per heavy atom. The van der Waals surface area contributed by atoms with E-state index in [1.54, 1.807) is 31.2 Å². The highest BCUT2D eigenvalue weighted by Crippen LogP contribution is 2.25. The normalized spacial score (nSPS) is 26.2. The number of para-hydroxylation sites is 1. The van der Waals surface area contributed by atoms with Crippen LogP contribution in [0.1, 0.15) is 18.9 Å². The van der Waals surface area contributed by atoms with Gasteiger partial charge in [-0.2, -0.15) is 0 Å². The molecule has 1 amide bonds. The van der Waals surface area contributed by atoms with Crippen LogP contribution in [-0.4, -0.2) is 93.7 Å². The number of benzene rings is 2. The van der Waals surface area contributed by atoms with Crippen LogP contribution in [0.5, 0.6) is 11.5 Å². The predicted octanol–water partition coefficient (Wildman–Crippen LogP) is 0.432. The Balaban J connectivity index is 1.60. The molecule has 1 fully saturated rings. The zero-order chi connectivity index (χ0) is 26.9. The van der Waals surface area contributed by atoms with Crippen LogP contribution in [0, 0.1) is 0 Å². The number of hydrogen-bond donors (Lipinski definition) is 6. The lowest BCUT2D eigenvalue weighted by molar-refractivity contribution is -0.293. The molecule has 11 heteroatoms. The molecule has 0 aromatic heterocycles. The third-order valence-corrected chi connectivity index (χ3v) is 6.08. The van der Waals surface area contributed by atoms with Crippen molar-refractivity contribution in [3.63, 3.8) is 0 Å². The second kappa shape index (κ2) is 13.8. The molecule has 1 saturated heterocycles. The number of ether oxygens (including phenoxy) is 3. The first-order valence-electron chi connectivity index (χ1n) is 12.1. The van der Waals surface area contributed by atoms with Crippen LogP contribution in [-0.2, 0) is 20.7 Å². The van der Waals surface area contributed by atoms with E-state index < -0.39 is 68.1 Å². The number of aliphatic hydroxyl groups is 5. The number of amides is 1. The van der Waals surface area contributed by atoms with Gasteiger partial charge in [-0.15, -0.1) is 0 Å². The molecule has 37 heavy (non-hydrogen) atoms. The summed E-state index contributed by atoms with van der Waals surface area (Å²) in [6.07, 6.45) is -11.1. The fraction of sp³-hybridized carbons (Fsp3) is 0.500. The number of carbonyl (C=O) groups is 1. The van der Waals surface area contributed by atoms with Crippen LogP contribution in [0.2, 0.25) is 0 Å². The highest BCUT2D eigenvalue weighted by atomic mass is 19.1. The molecular formula is C26H34FNO9. The molecule has 0 radical (unpaired) electrons. The number of carbonyl (C=O) groups excluding carboxylic acids is 1. The minimum absolute atomic E-state index is 0.0472. The first-order valence-corrected chi connectivity index (χ1v) is 12.1. The van der Waals surface area contributed by atoms with E-state index in [0.29, 0.717) is 17.1 Å². The summed E-state index contributed by atoms with van der Waals surface area (Å²) in [4.78, 5) is 12.7. The Labute approximate surface area is 214 Å².